The quantitative estimate of drug-likeness (QED) is 0.170. The molecule has 1 unspecified atom stereocenters. The van der Waals surface area contributed by atoms with Crippen molar-refractivity contribution in [2.75, 3.05) is 0 Å². The summed E-state index contributed by atoms with van der Waals surface area (Å²) in [5.41, 5.74) is 11.4. The summed E-state index contributed by atoms with van der Waals surface area (Å²) in [6.45, 7) is 1.96. The largest absolute Gasteiger partial charge is 0.233 e. The Labute approximate surface area is 175 Å². The molecule has 0 aliphatic rings. The molecule has 0 amide bonds. The van der Waals surface area contributed by atoms with E-state index in [1.807, 2.05) is 66.2 Å². The summed E-state index contributed by atoms with van der Waals surface area (Å²) in [6.07, 6.45) is 2.36. The fourth-order valence-electron chi connectivity index (χ4n) is 3.90. The number of benzene rings is 3. The second kappa shape index (κ2) is 8.64. The van der Waals surface area contributed by atoms with E-state index < -0.39 is 11.6 Å². The van der Waals surface area contributed by atoms with Crippen LogP contribution >= 0.6 is 0 Å². The Balaban J connectivity index is 2.04. The van der Waals surface area contributed by atoms with Crippen LogP contribution in [0.15, 0.2) is 102 Å². The lowest BCUT2D eigenvalue weighted by atomic mass is 9.77. The minimum absolute atomic E-state index is 0.406. The van der Waals surface area contributed by atoms with Crippen LogP contribution in [0.1, 0.15) is 41.9 Å². The van der Waals surface area contributed by atoms with Gasteiger partial charge >= 0.3 is 0 Å². The number of hydrogen-bond acceptors (Lipinski definition) is 3. The van der Waals surface area contributed by atoms with Crippen LogP contribution in [0.5, 0.6) is 0 Å². The van der Waals surface area contributed by atoms with E-state index in [9.17, 15) is 0 Å². The zero-order chi connectivity index (χ0) is 20.8. The fraction of sp³-hybridized carbons (Fsp3) is 0.167. The van der Waals surface area contributed by atoms with Crippen molar-refractivity contribution in [2.24, 2.45) is 5.11 Å². The summed E-state index contributed by atoms with van der Waals surface area (Å²) in [7, 11) is 0. The molecule has 0 spiro atoms. The number of nitrogens with zero attached hydrogens (tertiary/aromatic N) is 6. The van der Waals surface area contributed by atoms with Crippen LogP contribution in [0.4, 0.5) is 0 Å². The molecule has 0 saturated carbocycles. The van der Waals surface area contributed by atoms with Crippen molar-refractivity contribution in [3.63, 3.8) is 0 Å². The molecular weight excluding hydrogens is 372 g/mol. The molecule has 0 fully saturated rings. The SMILES string of the molecule is CCC(N=[N+]=[N-])c1ncn(C(c2ccccc2)(c2ccccc2)c2ccccc2)n1. The highest BCUT2D eigenvalue weighted by Gasteiger charge is 2.39. The Morgan fingerprint density at radius 2 is 1.33 bits per heavy atom. The van der Waals surface area contributed by atoms with Gasteiger partial charge < -0.3 is 0 Å². The molecule has 1 atom stereocenters. The first kappa shape index (κ1) is 19.4. The summed E-state index contributed by atoms with van der Waals surface area (Å²) in [5, 5.41) is 8.71. The highest BCUT2D eigenvalue weighted by Crippen LogP contribution is 2.40. The molecule has 6 nitrogen and oxygen atoms in total. The van der Waals surface area contributed by atoms with Crippen molar-refractivity contribution in [1.29, 1.82) is 0 Å². The second-order valence-electron chi connectivity index (χ2n) is 6.98. The average Bonchev–Trinajstić information content (AvgIpc) is 3.30. The molecular formula is C24H22N6. The molecule has 0 radical (unpaired) electrons. The predicted octanol–water partition coefficient (Wildman–Crippen LogP) is 5.88. The predicted molar refractivity (Wildman–Crippen MR) is 117 cm³/mol. The van der Waals surface area contributed by atoms with E-state index in [1.165, 1.54) is 0 Å². The molecule has 4 aromatic rings. The molecule has 6 heteroatoms. The minimum atomic E-state index is -0.719. The van der Waals surface area contributed by atoms with E-state index in [-0.39, 0.29) is 0 Å². The third kappa shape index (κ3) is 3.34. The topological polar surface area (TPSA) is 79.5 Å². The van der Waals surface area contributed by atoms with Crippen LogP contribution in [0.3, 0.4) is 0 Å². The Morgan fingerprint density at radius 1 is 0.867 bits per heavy atom. The van der Waals surface area contributed by atoms with Gasteiger partial charge in [0.25, 0.3) is 0 Å². The van der Waals surface area contributed by atoms with E-state index in [2.05, 4.69) is 51.4 Å². The molecule has 0 aliphatic carbocycles. The van der Waals surface area contributed by atoms with Crippen molar-refractivity contribution >= 4 is 0 Å². The lowest BCUT2D eigenvalue weighted by Gasteiger charge is -2.35. The van der Waals surface area contributed by atoms with Crippen molar-refractivity contribution in [3.05, 3.63) is 130 Å². The minimum Gasteiger partial charge on any atom is -0.233 e. The molecule has 148 valence electrons. The van der Waals surface area contributed by atoms with Crippen LogP contribution in [-0.2, 0) is 5.54 Å². The zero-order valence-electron chi connectivity index (χ0n) is 16.7. The lowest BCUT2D eigenvalue weighted by Crippen LogP contribution is -2.38. The van der Waals surface area contributed by atoms with E-state index in [0.717, 1.165) is 16.7 Å². The summed E-state index contributed by atoms with van der Waals surface area (Å²) in [6, 6.07) is 30.4. The number of azide groups is 1. The first-order valence-electron chi connectivity index (χ1n) is 9.93. The molecule has 30 heavy (non-hydrogen) atoms. The lowest BCUT2D eigenvalue weighted by molar-refractivity contribution is 0.451. The van der Waals surface area contributed by atoms with Gasteiger partial charge in [0.1, 0.15) is 11.9 Å². The van der Waals surface area contributed by atoms with Crippen molar-refractivity contribution in [2.45, 2.75) is 24.9 Å². The van der Waals surface area contributed by atoms with Crippen LogP contribution < -0.4 is 0 Å². The van der Waals surface area contributed by atoms with Crippen LogP contribution in [-0.4, -0.2) is 14.8 Å². The maximum absolute atomic E-state index is 8.93. The Kier molecular flexibility index (Phi) is 5.59. The molecule has 0 aliphatic heterocycles. The molecule has 0 bridgehead atoms. The summed E-state index contributed by atoms with van der Waals surface area (Å²) in [5.74, 6) is 0.516. The maximum atomic E-state index is 8.93. The van der Waals surface area contributed by atoms with Gasteiger partial charge in [0.05, 0.1) is 6.04 Å². The monoisotopic (exact) mass is 394 g/mol. The van der Waals surface area contributed by atoms with Gasteiger partial charge in [-0.2, -0.15) is 5.10 Å². The normalized spacial score (nSPS) is 12.2. The Morgan fingerprint density at radius 3 is 1.73 bits per heavy atom. The molecule has 0 saturated heterocycles. The molecule has 0 N–H and O–H groups in total. The summed E-state index contributed by atoms with van der Waals surface area (Å²) in [4.78, 5) is 7.50. The van der Waals surface area contributed by atoms with E-state index >= 15 is 0 Å². The van der Waals surface area contributed by atoms with Gasteiger partial charge in [-0.15, -0.1) is 0 Å². The van der Waals surface area contributed by atoms with Crippen molar-refractivity contribution in [3.8, 4) is 0 Å². The Bertz CT molecular complexity index is 1040. The highest BCUT2D eigenvalue weighted by molar-refractivity contribution is 5.50. The first-order chi connectivity index (χ1) is 14.8. The second-order valence-corrected chi connectivity index (χ2v) is 6.98. The number of aromatic nitrogens is 3. The third-order valence-electron chi connectivity index (χ3n) is 5.30. The van der Waals surface area contributed by atoms with Gasteiger partial charge in [0.2, 0.25) is 0 Å². The van der Waals surface area contributed by atoms with Crippen LogP contribution in [0.2, 0.25) is 0 Å². The smallest absolute Gasteiger partial charge is 0.159 e. The van der Waals surface area contributed by atoms with E-state index in [1.54, 1.807) is 6.33 Å². The van der Waals surface area contributed by atoms with Gasteiger partial charge in [0, 0.05) is 4.91 Å². The van der Waals surface area contributed by atoms with E-state index in [0.29, 0.717) is 12.2 Å². The summed E-state index contributed by atoms with van der Waals surface area (Å²) >= 11 is 0. The third-order valence-corrected chi connectivity index (χ3v) is 5.30. The van der Waals surface area contributed by atoms with Crippen LogP contribution in [0, 0.1) is 0 Å². The molecule has 1 aromatic heterocycles. The number of hydrogen-bond donors (Lipinski definition) is 0. The van der Waals surface area contributed by atoms with Gasteiger partial charge in [0.15, 0.2) is 5.82 Å². The van der Waals surface area contributed by atoms with Crippen LogP contribution in [0.25, 0.3) is 10.4 Å². The zero-order valence-corrected chi connectivity index (χ0v) is 16.7. The van der Waals surface area contributed by atoms with Crippen molar-refractivity contribution < 1.29 is 0 Å². The highest BCUT2D eigenvalue weighted by atomic mass is 15.4. The fourth-order valence-corrected chi connectivity index (χ4v) is 3.90. The van der Waals surface area contributed by atoms with Gasteiger partial charge in [-0.3, -0.25) is 0 Å². The molecule has 1 heterocycles. The van der Waals surface area contributed by atoms with Gasteiger partial charge in [-0.05, 0) is 28.6 Å². The Hall–Kier alpha value is -3.89. The number of rotatable bonds is 7. The molecule has 4 rings (SSSR count). The molecule has 3 aromatic carbocycles. The maximum Gasteiger partial charge on any atom is 0.159 e. The van der Waals surface area contributed by atoms with Gasteiger partial charge in [-0.25, -0.2) is 9.67 Å². The average molecular weight is 394 g/mol. The first-order valence-corrected chi connectivity index (χ1v) is 9.93. The summed E-state index contributed by atoms with van der Waals surface area (Å²) < 4.78 is 1.89. The standard InChI is InChI=1S/C24H22N6/c1-2-22(27-29-25)23-26-18-30(28-23)24(19-12-6-3-7-13-19,20-14-8-4-9-15-20)21-16-10-5-11-17-21/h3-18,22H,2H2,1H3. The van der Waals surface area contributed by atoms with Gasteiger partial charge in [-0.1, -0.05) is 103 Å². The van der Waals surface area contributed by atoms with E-state index in [4.69, 9.17) is 10.6 Å². The van der Waals surface area contributed by atoms with Crippen molar-refractivity contribution in [1.82, 2.24) is 14.8 Å².